The van der Waals surface area contributed by atoms with Crippen LogP contribution in [0.25, 0.3) is 0 Å². The minimum Gasteiger partial charge on any atom is -0.352 e. The molecule has 0 spiro atoms. The van der Waals surface area contributed by atoms with Gasteiger partial charge in [-0.3, -0.25) is 14.4 Å². The molecule has 1 aliphatic heterocycles. The van der Waals surface area contributed by atoms with Gasteiger partial charge in [-0.25, -0.2) is 0 Å². The number of piperidine rings is 1. The minimum absolute atomic E-state index is 0. The Hall–Kier alpha value is -1.66. The average Bonchev–Trinajstić information content (AvgIpc) is 2.52. The monoisotopic (exact) mass is 367 g/mol. The minimum atomic E-state index is -0.418. The Labute approximate surface area is 153 Å². The fourth-order valence-corrected chi connectivity index (χ4v) is 3.63. The average molecular weight is 368 g/mol. The molecule has 1 fully saturated rings. The highest BCUT2D eigenvalue weighted by atomic mass is 35.5. The van der Waals surface area contributed by atoms with E-state index in [4.69, 9.17) is 0 Å². The molecule has 0 radical (unpaired) electrons. The van der Waals surface area contributed by atoms with Gasteiger partial charge < -0.3 is 15.6 Å². The number of aromatic amines is 1. The van der Waals surface area contributed by atoms with Crippen molar-refractivity contribution >= 4 is 24.1 Å². The highest BCUT2D eigenvalue weighted by Gasteiger charge is 2.32. The molecule has 1 aliphatic carbocycles. The van der Waals surface area contributed by atoms with Crippen LogP contribution >= 0.6 is 12.4 Å². The molecule has 3 rings (SSSR count). The molecule has 0 bridgehead atoms. The van der Waals surface area contributed by atoms with Gasteiger partial charge in [0.05, 0.1) is 0 Å². The third-order valence-corrected chi connectivity index (χ3v) is 4.91. The standard InChI is InChI=1S/C18H25N3O3.ClH/c1-18(2)7-14-12(15(22)8-18)6-13(17(24)21-14)16(23)20-10-11-4-3-5-19-9-11;/h6,11,19H,3-5,7-10H2,1-2H3,(H,20,23)(H,21,24);1H/t11-;/m0./s1. The lowest BCUT2D eigenvalue weighted by molar-refractivity contribution is 0.0910. The fraction of sp³-hybridized carbons (Fsp3) is 0.611. The number of fused-ring (bicyclic) bond motifs is 1. The van der Waals surface area contributed by atoms with E-state index in [9.17, 15) is 14.4 Å². The van der Waals surface area contributed by atoms with Gasteiger partial charge in [0, 0.05) is 24.2 Å². The summed E-state index contributed by atoms with van der Waals surface area (Å²) in [4.78, 5) is 39.7. The maximum Gasteiger partial charge on any atom is 0.261 e. The van der Waals surface area contributed by atoms with Gasteiger partial charge in [-0.15, -0.1) is 12.4 Å². The van der Waals surface area contributed by atoms with E-state index >= 15 is 0 Å². The zero-order valence-electron chi connectivity index (χ0n) is 14.7. The van der Waals surface area contributed by atoms with E-state index in [1.165, 1.54) is 6.07 Å². The number of pyridine rings is 1. The highest BCUT2D eigenvalue weighted by Crippen LogP contribution is 2.33. The summed E-state index contributed by atoms with van der Waals surface area (Å²) in [5.74, 6) is -0.0212. The largest absolute Gasteiger partial charge is 0.352 e. The molecule has 2 aliphatic rings. The van der Waals surface area contributed by atoms with E-state index in [1.54, 1.807) is 0 Å². The van der Waals surface area contributed by atoms with Gasteiger partial charge in [0.1, 0.15) is 5.56 Å². The van der Waals surface area contributed by atoms with Crippen LogP contribution in [0.3, 0.4) is 0 Å². The molecule has 3 N–H and O–H groups in total. The Morgan fingerprint density at radius 2 is 2.08 bits per heavy atom. The van der Waals surface area contributed by atoms with Crippen LogP contribution in [-0.2, 0) is 6.42 Å². The molecule has 1 aromatic rings. The predicted octanol–water partition coefficient (Wildman–Crippen LogP) is 1.68. The number of carbonyl (C=O) groups excluding carboxylic acids is 2. The van der Waals surface area contributed by atoms with Crippen molar-refractivity contribution < 1.29 is 9.59 Å². The molecule has 1 aromatic heterocycles. The predicted molar refractivity (Wildman–Crippen MR) is 98.7 cm³/mol. The summed E-state index contributed by atoms with van der Waals surface area (Å²) in [6.45, 7) is 6.46. The summed E-state index contributed by atoms with van der Waals surface area (Å²) >= 11 is 0. The van der Waals surface area contributed by atoms with E-state index in [0.717, 1.165) is 25.9 Å². The van der Waals surface area contributed by atoms with Gasteiger partial charge in [0.25, 0.3) is 11.5 Å². The molecule has 1 amide bonds. The summed E-state index contributed by atoms with van der Waals surface area (Å²) in [7, 11) is 0. The number of amides is 1. The van der Waals surface area contributed by atoms with Crippen molar-refractivity contribution in [2.75, 3.05) is 19.6 Å². The Morgan fingerprint density at radius 3 is 2.76 bits per heavy atom. The summed E-state index contributed by atoms with van der Waals surface area (Å²) in [6, 6.07) is 1.47. The van der Waals surface area contributed by atoms with Crippen LogP contribution in [0.2, 0.25) is 0 Å². The number of aromatic nitrogens is 1. The molecular weight excluding hydrogens is 342 g/mol. The number of Topliss-reactive ketones (excluding diaryl/α,β-unsaturated/α-hetero) is 1. The van der Waals surface area contributed by atoms with Gasteiger partial charge >= 0.3 is 0 Å². The van der Waals surface area contributed by atoms with Gasteiger partial charge in [-0.05, 0) is 49.8 Å². The quantitative estimate of drug-likeness (QED) is 0.758. The van der Waals surface area contributed by atoms with Crippen molar-refractivity contribution in [1.82, 2.24) is 15.6 Å². The van der Waals surface area contributed by atoms with Crippen molar-refractivity contribution in [2.45, 2.75) is 39.5 Å². The van der Waals surface area contributed by atoms with Gasteiger partial charge in [0.15, 0.2) is 5.78 Å². The van der Waals surface area contributed by atoms with Crippen molar-refractivity contribution in [1.29, 1.82) is 0 Å². The third kappa shape index (κ3) is 4.50. The lowest BCUT2D eigenvalue weighted by atomic mass is 9.75. The number of hydrogen-bond donors (Lipinski definition) is 3. The zero-order chi connectivity index (χ0) is 17.3. The van der Waals surface area contributed by atoms with Crippen molar-refractivity contribution in [3.8, 4) is 0 Å². The van der Waals surface area contributed by atoms with E-state index in [2.05, 4.69) is 15.6 Å². The highest BCUT2D eigenvalue weighted by molar-refractivity contribution is 6.02. The Kier molecular flexibility index (Phi) is 6.06. The number of carbonyl (C=O) groups is 2. The number of H-pyrrole nitrogens is 1. The second-order valence-corrected chi connectivity index (χ2v) is 7.77. The number of nitrogens with one attached hydrogen (secondary N) is 3. The molecule has 0 aromatic carbocycles. The fourth-order valence-electron chi connectivity index (χ4n) is 3.63. The van der Waals surface area contributed by atoms with Gasteiger partial charge in [-0.2, -0.15) is 0 Å². The van der Waals surface area contributed by atoms with Crippen molar-refractivity contribution in [3.05, 3.63) is 33.2 Å². The molecule has 138 valence electrons. The second kappa shape index (κ2) is 7.70. The summed E-state index contributed by atoms with van der Waals surface area (Å²) in [5.41, 5.74) is 0.585. The number of halogens is 1. The molecule has 0 unspecified atom stereocenters. The lowest BCUT2D eigenvalue weighted by Gasteiger charge is -2.29. The van der Waals surface area contributed by atoms with Crippen LogP contribution in [0.1, 0.15) is 59.5 Å². The van der Waals surface area contributed by atoms with Crippen molar-refractivity contribution in [3.63, 3.8) is 0 Å². The molecular formula is C18H26ClN3O3. The van der Waals surface area contributed by atoms with Crippen LogP contribution in [0.5, 0.6) is 0 Å². The maximum atomic E-state index is 12.4. The molecule has 1 saturated heterocycles. The Morgan fingerprint density at radius 1 is 1.32 bits per heavy atom. The van der Waals surface area contributed by atoms with E-state index in [0.29, 0.717) is 36.6 Å². The number of rotatable bonds is 3. The number of ketones is 1. The smallest absolute Gasteiger partial charge is 0.261 e. The normalized spacial score (nSPS) is 21.8. The van der Waals surface area contributed by atoms with Gasteiger partial charge in [-0.1, -0.05) is 13.8 Å². The molecule has 1 atom stereocenters. The topological polar surface area (TPSA) is 91.1 Å². The Balaban J connectivity index is 0.00000225. The summed E-state index contributed by atoms with van der Waals surface area (Å²) in [6.07, 6.45) is 3.24. The first kappa shape index (κ1) is 19.7. The lowest BCUT2D eigenvalue weighted by Crippen LogP contribution is -2.40. The van der Waals surface area contributed by atoms with Crippen LogP contribution in [-0.4, -0.2) is 36.3 Å². The SMILES string of the molecule is CC1(C)CC(=O)c2cc(C(=O)NC[C@H]3CCCNC3)c(=O)[nH]c2C1.Cl. The molecule has 2 heterocycles. The molecule has 7 heteroatoms. The first-order valence-corrected chi connectivity index (χ1v) is 8.64. The first-order valence-electron chi connectivity index (χ1n) is 8.64. The first-order chi connectivity index (χ1) is 11.4. The van der Waals surface area contributed by atoms with E-state index < -0.39 is 11.5 Å². The van der Waals surface area contributed by atoms with Crippen molar-refractivity contribution in [2.24, 2.45) is 11.3 Å². The molecule has 6 nitrogen and oxygen atoms in total. The van der Waals surface area contributed by atoms with Crippen LogP contribution < -0.4 is 16.2 Å². The molecule has 0 saturated carbocycles. The Bertz CT molecular complexity index is 721. The van der Waals surface area contributed by atoms with Crippen LogP contribution in [0, 0.1) is 11.3 Å². The van der Waals surface area contributed by atoms with Crippen LogP contribution in [0.4, 0.5) is 0 Å². The van der Waals surface area contributed by atoms with E-state index in [1.807, 2.05) is 13.8 Å². The summed E-state index contributed by atoms with van der Waals surface area (Å²) < 4.78 is 0. The molecule has 25 heavy (non-hydrogen) atoms. The third-order valence-electron chi connectivity index (χ3n) is 4.91. The summed E-state index contributed by atoms with van der Waals surface area (Å²) in [5, 5.41) is 6.14. The van der Waals surface area contributed by atoms with Crippen LogP contribution in [0.15, 0.2) is 10.9 Å². The maximum absolute atomic E-state index is 12.4. The second-order valence-electron chi connectivity index (χ2n) is 7.77. The van der Waals surface area contributed by atoms with E-state index in [-0.39, 0.29) is 29.2 Å². The van der Waals surface area contributed by atoms with Gasteiger partial charge in [0.2, 0.25) is 0 Å². The zero-order valence-corrected chi connectivity index (χ0v) is 15.6. The number of hydrogen-bond acceptors (Lipinski definition) is 4.